The molecule has 4 fully saturated rings. The molecule has 2 N–H and O–H groups in total. The molecule has 4 aliphatic carbocycles. The van der Waals surface area contributed by atoms with E-state index < -0.39 is 35.5 Å². The fourth-order valence-corrected chi connectivity index (χ4v) is 8.29. The summed E-state index contributed by atoms with van der Waals surface area (Å²) in [6, 6.07) is 0.0427. The number of Topliss-reactive ketones (excluding diaryl/α,β-unsaturated/α-hetero) is 1. The minimum atomic E-state index is -1.57. The summed E-state index contributed by atoms with van der Waals surface area (Å²) in [5.41, 5.74) is 6.52. The molecule has 0 heterocycles. The first kappa shape index (κ1) is 22.6. The highest BCUT2D eigenvalue weighted by Crippen LogP contribution is 2.68. The maximum Gasteiger partial charge on any atom is 0.303 e. The highest BCUT2D eigenvalue weighted by Gasteiger charge is 2.68. The third-order valence-corrected chi connectivity index (χ3v) is 9.80. The second kappa shape index (κ2) is 7.75. The lowest BCUT2D eigenvalue weighted by atomic mass is 9.43. The lowest BCUT2D eigenvalue weighted by Gasteiger charge is -2.62. The van der Waals surface area contributed by atoms with Crippen LogP contribution in [0.1, 0.15) is 72.1 Å². The average Bonchev–Trinajstić information content (AvgIpc) is 2.98. The number of rotatable bonds is 4. The molecule has 0 radical (unpaired) electrons. The summed E-state index contributed by atoms with van der Waals surface area (Å²) in [6.45, 7) is 5.07. The Morgan fingerprint density at radius 2 is 1.94 bits per heavy atom. The molecule has 0 aliphatic heterocycles. The molecule has 4 saturated carbocycles. The topological polar surface area (TPSA) is 133 Å². The van der Waals surface area contributed by atoms with Crippen LogP contribution in [0.3, 0.4) is 0 Å². The van der Waals surface area contributed by atoms with Gasteiger partial charge in [-0.25, -0.2) is 0 Å². The maximum absolute atomic E-state index is 12.9. The largest absolute Gasteiger partial charge is 0.458 e. The predicted molar refractivity (Wildman–Crippen MR) is 113 cm³/mol. The Morgan fingerprint density at radius 1 is 1.19 bits per heavy atom. The summed E-state index contributed by atoms with van der Waals surface area (Å²) in [6.07, 6.45) is 5.51. The zero-order valence-corrected chi connectivity index (χ0v) is 18.8. The van der Waals surface area contributed by atoms with Gasteiger partial charge in [0.2, 0.25) is 5.78 Å². The van der Waals surface area contributed by atoms with Crippen molar-refractivity contribution in [2.24, 2.45) is 39.6 Å². The van der Waals surface area contributed by atoms with E-state index in [1.165, 1.54) is 6.92 Å². The molecule has 0 amide bonds. The highest BCUT2D eigenvalue weighted by atomic mass is 16.5. The Kier molecular flexibility index (Phi) is 5.64. The van der Waals surface area contributed by atoms with Crippen LogP contribution in [0.15, 0.2) is 5.11 Å². The van der Waals surface area contributed by atoms with Crippen LogP contribution in [-0.2, 0) is 14.3 Å². The van der Waals surface area contributed by atoms with Gasteiger partial charge in [0.15, 0.2) is 6.61 Å². The number of esters is 1. The van der Waals surface area contributed by atoms with Crippen LogP contribution in [0, 0.1) is 34.5 Å². The fraction of sp³-hybridized carbons (Fsp3) is 0.913. The van der Waals surface area contributed by atoms with Crippen LogP contribution in [0.5, 0.6) is 0 Å². The van der Waals surface area contributed by atoms with Crippen LogP contribution in [0.25, 0.3) is 10.4 Å². The van der Waals surface area contributed by atoms with E-state index >= 15 is 0 Å². The Hall–Kier alpha value is -1.63. The maximum atomic E-state index is 12.9. The highest BCUT2D eigenvalue weighted by molar-refractivity contribution is 5.90. The molecule has 0 unspecified atom stereocenters. The van der Waals surface area contributed by atoms with Crippen LogP contribution in [-0.4, -0.2) is 46.3 Å². The molecule has 31 heavy (non-hydrogen) atoms. The minimum Gasteiger partial charge on any atom is -0.458 e. The second-order valence-electron chi connectivity index (χ2n) is 11.0. The number of nitrogens with zero attached hydrogens (tertiary/aromatic N) is 3. The van der Waals surface area contributed by atoms with Crippen molar-refractivity contribution in [1.82, 2.24) is 0 Å². The first-order valence-electron chi connectivity index (χ1n) is 11.7. The molecule has 0 aromatic rings. The third kappa shape index (κ3) is 3.30. The van der Waals surface area contributed by atoms with Crippen LogP contribution < -0.4 is 0 Å². The van der Waals surface area contributed by atoms with Gasteiger partial charge < -0.3 is 14.9 Å². The molecule has 4 aliphatic rings. The quantitative estimate of drug-likeness (QED) is 0.303. The zero-order chi connectivity index (χ0) is 22.6. The summed E-state index contributed by atoms with van der Waals surface area (Å²) in [7, 11) is 0. The Labute approximate surface area is 183 Å². The molecule has 8 heteroatoms. The van der Waals surface area contributed by atoms with Gasteiger partial charge in [-0.2, -0.15) is 0 Å². The van der Waals surface area contributed by atoms with Crippen molar-refractivity contribution < 1.29 is 24.5 Å². The number of aliphatic hydroxyl groups is 2. The summed E-state index contributed by atoms with van der Waals surface area (Å²) in [5, 5.41) is 26.9. The fourth-order valence-electron chi connectivity index (χ4n) is 8.29. The minimum absolute atomic E-state index is 0.0202. The van der Waals surface area contributed by atoms with Crippen molar-refractivity contribution >= 4 is 11.8 Å². The molecular formula is C23H35N3O5. The van der Waals surface area contributed by atoms with Crippen molar-refractivity contribution in [3.8, 4) is 0 Å². The zero-order valence-electron chi connectivity index (χ0n) is 18.8. The summed E-state index contributed by atoms with van der Waals surface area (Å²) in [4.78, 5) is 27.1. The van der Waals surface area contributed by atoms with Crippen molar-refractivity contribution in [3.63, 3.8) is 0 Å². The monoisotopic (exact) mass is 433 g/mol. The number of hydrogen-bond donors (Lipinski definition) is 2. The third-order valence-electron chi connectivity index (χ3n) is 9.80. The number of carbonyl (C=O) groups is 2. The lowest BCUT2D eigenvalue weighted by Crippen LogP contribution is -2.63. The molecule has 4 rings (SSSR count). The molecule has 8 nitrogen and oxygen atoms in total. The van der Waals surface area contributed by atoms with Gasteiger partial charge in [-0.3, -0.25) is 9.59 Å². The van der Waals surface area contributed by atoms with E-state index in [4.69, 9.17) is 10.3 Å². The summed E-state index contributed by atoms with van der Waals surface area (Å²) in [5.74, 6) is -0.0392. The van der Waals surface area contributed by atoms with E-state index in [0.717, 1.165) is 38.5 Å². The molecule has 0 saturated heterocycles. The number of ether oxygens (including phenoxy) is 1. The molecule has 0 spiro atoms. The standard InChI is InChI=1S/C23H35N3O5/c1-13(27)31-12-19(29)23(30)9-7-17-16-5-4-14-10-15(25-26-24)6-8-21(14,2)20(16)18(28)11-22(17,23)3/h14-18,20,28,30H,4-12H2,1-3H3/t14-,15+,16+,17+,18+,20-,21+,22+,23+/m1/s1. The molecule has 172 valence electrons. The normalized spacial score (nSPS) is 48.5. The van der Waals surface area contributed by atoms with Crippen LogP contribution in [0.4, 0.5) is 0 Å². The van der Waals surface area contributed by atoms with Gasteiger partial charge in [-0.05, 0) is 86.0 Å². The van der Waals surface area contributed by atoms with Gasteiger partial charge in [0.25, 0.3) is 0 Å². The number of carbonyl (C=O) groups excluding carboxylic acids is 2. The molecule has 0 bridgehead atoms. The lowest BCUT2D eigenvalue weighted by molar-refractivity contribution is -0.200. The molecule has 0 aromatic carbocycles. The number of azide groups is 1. The summed E-state index contributed by atoms with van der Waals surface area (Å²) < 4.78 is 4.91. The first-order valence-corrected chi connectivity index (χ1v) is 11.7. The van der Waals surface area contributed by atoms with Crippen LogP contribution >= 0.6 is 0 Å². The van der Waals surface area contributed by atoms with Crippen molar-refractivity contribution in [2.45, 2.75) is 89.9 Å². The number of hydrogen-bond acceptors (Lipinski definition) is 6. The van der Waals surface area contributed by atoms with E-state index in [0.29, 0.717) is 18.8 Å². The van der Waals surface area contributed by atoms with Crippen LogP contribution in [0.2, 0.25) is 0 Å². The average molecular weight is 434 g/mol. The number of fused-ring (bicyclic) bond motifs is 5. The summed E-state index contributed by atoms with van der Waals surface area (Å²) >= 11 is 0. The van der Waals surface area contributed by atoms with E-state index in [9.17, 15) is 19.8 Å². The van der Waals surface area contributed by atoms with Gasteiger partial charge in [0.1, 0.15) is 5.60 Å². The van der Waals surface area contributed by atoms with Crippen molar-refractivity contribution in [1.29, 1.82) is 0 Å². The molecule has 9 atom stereocenters. The van der Waals surface area contributed by atoms with Gasteiger partial charge in [-0.1, -0.05) is 19.0 Å². The Morgan fingerprint density at radius 3 is 2.61 bits per heavy atom. The SMILES string of the molecule is CC(=O)OCC(=O)[C@@]1(O)CC[C@H]2[C@@H]3CC[C@@H]4C[C@@H](N=[N+]=[N-])CC[C@]4(C)[C@H]3[C@@H](O)C[C@@]21C. The Balaban J connectivity index is 1.60. The smallest absolute Gasteiger partial charge is 0.303 e. The number of ketones is 1. The van der Waals surface area contributed by atoms with E-state index in [2.05, 4.69) is 16.9 Å². The second-order valence-corrected chi connectivity index (χ2v) is 11.0. The van der Waals surface area contributed by atoms with Gasteiger partial charge in [0.05, 0.1) is 6.10 Å². The van der Waals surface area contributed by atoms with Crippen molar-refractivity contribution in [3.05, 3.63) is 10.4 Å². The van der Waals surface area contributed by atoms with Gasteiger partial charge in [-0.15, -0.1) is 0 Å². The molecule has 0 aromatic heterocycles. The van der Waals surface area contributed by atoms with E-state index in [1.807, 2.05) is 6.92 Å². The molecular weight excluding hydrogens is 398 g/mol. The first-order chi connectivity index (χ1) is 14.6. The number of aliphatic hydroxyl groups excluding tert-OH is 1. The van der Waals surface area contributed by atoms with Crippen molar-refractivity contribution in [2.75, 3.05) is 6.61 Å². The van der Waals surface area contributed by atoms with E-state index in [1.54, 1.807) is 0 Å². The predicted octanol–water partition coefficient (Wildman–Crippen LogP) is 3.54. The van der Waals surface area contributed by atoms with E-state index in [-0.39, 0.29) is 29.2 Å². The van der Waals surface area contributed by atoms with Gasteiger partial charge in [0, 0.05) is 23.3 Å². The Bertz CT molecular complexity index is 813. The van der Waals surface area contributed by atoms with Gasteiger partial charge >= 0.3 is 5.97 Å².